The molecule has 0 spiro atoms. The summed E-state index contributed by atoms with van der Waals surface area (Å²) in [6, 6.07) is -0.877. The fourth-order valence-electron chi connectivity index (χ4n) is 4.44. The first-order valence-electron chi connectivity index (χ1n) is 11.2. The van der Waals surface area contributed by atoms with Crippen molar-refractivity contribution in [2.45, 2.75) is 59.5 Å². The number of H-pyrrole nitrogens is 1. The zero-order chi connectivity index (χ0) is 23.3. The number of amides is 1. The fraction of sp³-hybridized carbons (Fsp3) is 0.480. The maximum Gasteiger partial charge on any atom is 0.326 e. The Kier molecular flexibility index (Phi) is 7.72. The van der Waals surface area contributed by atoms with Crippen molar-refractivity contribution in [2.24, 2.45) is 17.8 Å². The van der Waals surface area contributed by atoms with E-state index in [0.717, 1.165) is 23.4 Å². The molecule has 2 aliphatic carbocycles. The molecule has 172 valence electrons. The number of aromatic nitrogens is 2. The SMILES string of the molecule is CC1=CC(C2=CC(NCc3cnc[nH]3)=CCC2C(=O)N[C@@H](CC(C)C)C(=O)O)CC(C)=C1. The standard InChI is InChI=1S/C25H34N4O3/c1-15(2)7-23(25(31)32)29-24(30)21-6-5-19(27-13-20-12-26-14-28-20)11-22(21)18-9-16(3)8-17(4)10-18/h5,8-9,11-12,14-15,18,21,23,27H,6-7,10,13H2,1-4H3,(H,26,28)(H,29,30)(H,31,32)/t18?,21?,23-/m0/s1. The van der Waals surface area contributed by atoms with Crippen molar-refractivity contribution in [3.05, 3.63) is 64.9 Å². The monoisotopic (exact) mass is 438 g/mol. The number of nitrogens with zero attached hydrogens (tertiary/aromatic N) is 1. The number of allylic oxidation sites excluding steroid dienone is 6. The van der Waals surface area contributed by atoms with Gasteiger partial charge in [0.05, 0.1) is 24.5 Å². The molecule has 7 nitrogen and oxygen atoms in total. The summed E-state index contributed by atoms with van der Waals surface area (Å²) in [5.74, 6) is -1.31. The van der Waals surface area contributed by atoms with E-state index in [1.165, 1.54) is 11.1 Å². The molecule has 2 unspecified atom stereocenters. The van der Waals surface area contributed by atoms with Gasteiger partial charge in [0.15, 0.2) is 0 Å². The van der Waals surface area contributed by atoms with Crippen LogP contribution in [0.3, 0.4) is 0 Å². The van der Waals surface area contributed by atoms with E-state index in [0.29, 0.717) is 19.4 Å². The second-order valence-electron chi connectivity index (χ2n) is 9.26. The summed E-state index contributed by atoms with van der Waals surface area (Å²) in [5, 5.41) is 15.8. The first-order valence-corrected chi connectivity index (χ1v) is 11.2. The lowest BCUT2D eigenvalue weighted by atomic mass is 9.76. The number of carbonyl (C=O) groups is 2. The average molecular weight is 439 g/mol. The topological polar surface area (TPSA) is 107 Å². The van der Waals surface area contributed by atoms with Crippen molar-refractivity contribution in [3.8, 4) is 0 Å². The zero-order valence-corrected chi connectivity index (χ0v) is 19.3. The second kappa shape index (κ2) is 10.5. The number of hydrogen-bond acceptors (Lipinski definition) is 4. The summed E-state index contributed by atoms with van der Waals surface area (Å²) in [5.41, 5.74) is 5.43. The molecule has 0 fully saturated rings. The minimum atomic E-state index is -0.988. The molecule has 0 radical (unpaired) electrons. The minimum absolute atomic E-state index is 0.113. The number of carboxylic acids is 1. The van der Waals surface area contributed by atoms with Crippen molar-refractivity contribution in [2.75, 3.05) is 0 Å². The third-order valence-corrected chi connectivity index (χ3v) is 5.88. The molecule has 0 saturated carbocycles. The Balaban J connectivity index is 1.81. The van der Waals surface area contributed by atoms with Gasteiger partial charge in [-0.25, -0.2) is 9.78 Å². The molecule has 32 heavy (non-hydrogen) atoms. The molecule has 2 aliphatic rings. The van der Waals surface area contributed by atoms with Crippen molar-refractivity contribution in [3.63, 3.8) is 0 Å². The first kappa shape index (κ1) is 23.6. The average Bonchev–Trinajstić information content (AvgIpc) is 3.24. The normalized spacial score (nSPS) is 21.8. The van der Waals surface area contributed by atoms with E-state index in [-0.39, 0.29) is 23.7 Å². The number of aromatic amines is 1. The second-order valence-corrected chi connectivity index (χ2v) is 9.26. The molecule has 0 aliphatic heterocycles. The van der Waals surface area contributed by atoms with E-state index in [2.05, 4.69) is 52.7 Å². The number of nitrogens with one attached hydrogen (secondary N) is 3. The molecule has 1 aromatic heterocycles. The van der Waals surface area contributed by atoms with Gasteiger partial charge in [-0.3, -0.25) is 4.79 Å². The van der Waals surface area contributed by atoms with Crippen LogP contribution in [0.15, 0.2) is 59.2 Å². The van der Waals surface area contributed by atoms with Gasteiger partial charge in [-0.2, -0.15) is 0 Å². The Morgan fingerprint density at radius 1 is 1.28 bits per heavy atom. The smallest absolute Gasteiger partial charge is 0.326 e. The number of imidazole rings is 1. The van der Waals surface area contributed by atoms with Crippen molar-refractivity contribution >= 4 is 11.9 Å². The van der Waals surface area contributed by atoms with Crippen LogP contribution < -0.4 is 10.6 Å². The van der Waals surface area contributed by atoms with Gasteiger partial charge >= 0.3 is 5.97 Å². The summed E-state index contributed by atoms with van der Waals surface area (Å²) in [6.45, 7) is 8.71. The van der Waals surface area contributed by atoms with Gasteiger partial charge in [-0.15, -0.1) is 0 Å². The van der Waals surface area contributed by atoms with Crippen LogP contribution >= 0.6 is 0 Å². The molecular formula is C25H34N4O3. The van der Waals surface area contributed by atoms with Crippen LogP contribution in [0.2, 0.25) is 0 Å². The molecule has 1 amide bonds. The van der Waals surface area contributed by atoms with Gasteiger partial charge in [-0.1, -0.05) is 43.2 Å². The van der Waals surface area contributed by atoms with Crippen LogP contribution in [0, 0.1) is 17.8 Å². The summed E-state index contributed by atoms with van der Waals surface area (Å²) in [4.78, 5) is 32.1. The number of hydrogen-bond donors (Lipinski definition) is 4. The van der Waals surface area contributed by atoms with E-state index in [1.54, 1.807) is 12.5 Å². The van der Waals surface area contributed by atoms with E-state index in [9.17, 15) is 14.7 Å². The van der Waals surface area contributed by atoms with Gasteiger partial charge in [0, 0.05) is 17.8 Å². The summed E-state index contributed by atoms with van der Waals surface area (Å²) in [6.07, 6.45) is 13.7. The molecular weight excluding hydrogens is 404 g/mol. The largest absolute Gasteiger partial charge is 0.480 e. The highest BCUT2D eigenvalue weighted by molar-refractivity contribution is 5.87. The molecule has 1 heterocycles. The minimum Gasteiger partial charge on any atom is -0.480 e. The Bertz CT molecular complexity index is 954. The number of aliphatic carboxylic acids is 1. The highest BCUT2D eigenvalue weighted by Crippen LogP contribution is 2.36. The van der Waals surface area contributed by atoms with Gasteiger partial charge in [0.25, 0.3) is 0 Å². The molecule has 3 rings (SSSR count). The molecule has 0 aromatic carbocycles. The van der Waals surface area contributed by atoms with Crippen LogP contribution in [-0.2, 0) is 16.1 Å². The van der Waals surface area contributed by atoms with E-state index < -0.39 is 12.0 Å². The third kappa shape index (κ3) is 6.22. The zero-order valence-electron chi connectivity index (χ0n) is 19.3. The summed E-state index contributed by atoms with van der Waals surface area (Å²) >= 11 is 0. The van der Waals surface area contributed by atoms with Gasteiger partial charge in [0.2, 0.25) is 5.91 Å². The highest BCUT2D eigenvalue weighted by Gasteiger charge is 2.33. The lowest BCUT2D eigenvalue weighted by Crippen LogP contribution is -2.45. The highest BCUT2D eigenvalue weighted by atomic mass is 16.4. The predicted molar refractivity (Wildman–Crippen MR) is 124 cm³/mol. The van der Waals surface area contributed by atoms with Gasteiger partial charge in [-0.05, 0) is 50.7 Å². The molecule has 1 aromatic rings. The Hall–Kier alpha value is -3.09. The first-order chi connectivity index (χ1) is 15.2. The predicted octanol–water partition coefficient (Wildman–Crippen LogP) is 3.86. The quantitative estimate of drug-likeness (QED) is 0.468. The summed E-state index contributed by atoms with van der Waals surface area (Å²) < 4.78 is 0. The maximum absolute atomic E-state index is 13.2. The molecule has 4 N–H and O–H groups in total. The van der Waals surface area contributed by atoms with Crippen molar-refractivity contribution in [1.29, 1.82) is 0 Å². The number of carbonyl (C=O) groups excluding carboxylic acids is 1. The molecule has 7 heteroatoms. The number of rotatable bonds is 9. The van der Waals surface area contributed by atoms with E-state index in [4.69, 9.17) is 0 Å². The molecule has 0 bridgehead atoms. The molecule has 3 atom stereocenters. The van der Waals surface area contributed by atoms with Crippen LogP contribution in [0.4, 0.5) is 0 Å². The third-order valence-electron chi connectivity index (χ3n) is 5.88. The van der Waals surface area contributed by atoms with Crippen molar-refractivity contribution < 1.29 is 14.7 Å². The van der Waals surface area contributed by atoms with Crippen LogP contribution in [0.5, 0.6) is 0 Å². The fourth-order valence-corrected chi connectivity index (χ4v) is 4.44. The molecule has 0 saturated heterocycles. The number of carboxylic acid groups (broad SMARTS) is 1. The lowest BCUT2D eigenvalue weighted by Gasteiger charge is -2.31. The Labute approximate surface area is 189 Å². The Morgan fingerprint density at radius 2 is 2.06 bits per heavy atom. The van der Waals surface area contributed by atoms with E-state index >= 15 is 0 Å². The maximum atomic E-state index is 13.2. The van der Waals surface area contributed by atoms with E-state index in [1.807, 2.05) is 19.9 Å². The van der Waals surface area contributed by atoms with Crippen LogP contribution in [-0.4, -0.2) is 33.0 Å². The van der Waals surface area contributed by atoms with Crippen molar-refractivity contribution in [1.82, 2.24) is 20.6 Å². The summed E-state index contributed by atoms with van der Waals surface area (Å²) in [7, 11) is 0. The lowest BCUT2D eigenvalue weighted by molar-refractivity contribution is -0.142. The van der Waals surface area contributed by atoms with Crippen LogP contribution in [0.1, 0.15) is 52.7 Å². The van der Waals surface area contributed by atoms with Gasteiger partial charge in [0.1, 0.15) is 6.04 Å². The van der Waals surface area contributed by atoms with Crippen LogP contribution in [0.25, 0.3) is 0 Å². The Morgan fingerprint density at radius 3 is 2.69 bits per heavy atom. The van der Waals surface area contributed by atoms with Gasteiger partial charge < -0.3 is 20.7 Å².